The minimum Gasteiger partial charge on any atom is -0.493 e. The van der Waals surface area contributed by atoms with Crippen LogP contribution >= 0.6 is 31.9 Å². The van der Waals surface area contributed by atoms with Gasteiger partial charge in [-0.2, -0.15) is 0 Å². The molecule has 7 heteroatoms. The molecule has 25 heavy (non-hydrogen) atoms. The summed E-state index contributed by atoms with van der Waals surface area (Å²) in [6, 6.07) is 11.1. The molecule has 5 nitrogen and oxygen atoms in total. The standard InChI is InChI=1S/C18H19Br2NO4/c1-23-16-8-12(15(20)10-17(16)24-2)6-7-21-18(22)11-25-14-5-3-4-13(19)9-14/h3-5,8-10H,6-7,11H2,1-2H3,(H,21,22). The van der Waals surface area contributed by atoms with Crippen LogP contribution in [0.1, 0.15) is 5.56 Å². The van der Waals surface area contributed by atoms with Gasteiger partial charge in [-0.15, -0.1) is 0 Å². The lowest BCUT2D eigenvalue weighted by Crippen LogP contribution is -2.30. The van der Waals surface area contributed by atoms with Crippen LogP contribution in [0, 0.1) is 0 Å². The summed E-state index contributed by atoms with van der Waals surface area (Å²) in [7, 11) is 3.19. The molecule has 0 bridgehead atoms. The molecule has 0 atom stereocenters. The average molecular weight is 473 g/mol. The lowest BCUT2D eigenvalue weighted by atomic mass is 10.1. The molecular formula is C18H19Br2NO4. The van der Waals surface area contributed by atoms with E-state index in [0.29, 0.717) is 30.2 Å². The van der Waals surface area contributed by atoms with E-state index < -0.39 is 0 Å². The number of benzene rings is 2. The first-order valence-electron chi connectivity index (χ1n) is 7.59. The molecule has 2 aromatic carbocycles. The predicted molar refractivity (Wildman–Crippen MR) is 104 cm³/mol. The highest BCUT2D eigenvalue weighted by Gasteiger charge is 2.10. The van der Waals surface area contributed by atoms with Crippen molar-refractivity contribution in [2.24, 2.45) is 0 Å². The molecule has 0 saturated heterocycles. The summed E-state index contributed by atoms with van der Waals surface area (Å²) in [6.45, 7) is 0.471. The fourth-order valence-electron chi connectivity index (χ4n) is 2.18. The molecule has 0 saturated carbocycles. The molecule has 1 amide bonds. The highest BCUT2D eigenvalue weighted by molar-refractivity contribution is 9.10. The van der Waals surface area contributed by atoms with Gasteiger partial charge in [-0.1, -0.05) is 37.9 Å². The van der Waals surface area contributed by atoms with E-state index >= 15 is 0 Å². The van der Waals surface area contributed by atoms with E-state index in [-0.39, 0.29) is 12.5 Å². The van der Waals surface area contributed by atoms with Gasteiger partial charge in [0.2, 0.25) is 0 Å². The summed E-state index contributed by atoms with van der Waals surface area (Å²) in [6.07, 6.45) is 0.656. The van der Waals surface area contributed by atoms with Crippen molar-refractivity contribution in [2.45, 2.75) is 6.42 Å². The van der Waals surface area contributed by atoms with Crippen LogP contribution in [0.25, 0.3) is 0 Å². The van der Waals surface area contributed by atoms with E-state index in [1.54, 1.807) is 20.3 Å². The van der Waals surface area contributed by atoms with Gasteiger partial charge in [0, 0.05) is 15.5 Å². The number of amides is 1. The van der Waals surface area contributed by atoms with Crippen LogP contribution < -0.4 is 19.5 Å². The second kappa shape index (κ2) is 9.68. The number of carbonyl (C=O) groups is 1. The summed E-state index contributed by atoms with van der Waals surface area (Å²) in [5, 5.41) is 2.84. The van der Waals surface area contributed by atoms with Gasteiger partial charge in [0.05, 0.1) is 14.2 Å². The van der Waals surface area contributed by atoms with Gasteiger partial charge in [0.15, 0.2) is 18.1 Å². The highest BCUT2D eigenvalue weighted by atomic mass is 79.9. The van der Waals surface area contributed by atoms with Gasteiger partial charge in [-0.3, -0.25) is 4.79 Å². The van der Waals surface area contributed by atoms with E-state index in [1.807, 2.05) is 30.3 Å². The Morgan fingerprint density at radius 3 is 2.48 bits per heavy atom. The van der Waals surface area contributed by atoms with E-state index in [4.69, 9.17) is 14.2 Å². The molecule has 0 aliphatic heterocycles. The highest BCUT2D eigenvalue weighted by Crippen LogP contribution is 2.33. The van der Waals surface area contributed by atoms with Crippen LogP contribution in [-0.4, -0.2) is 33.3 Å². The van der Waals surface area contributed by atoms with Crippen molar-refractivity contribution in [3.63, 3.8) is 0 Å². The first-order chi connectivity index (χ1) is 12.0. The number of rotatable bonds is 8. The Hall–Kier alpha value is -1.73. The maximum absolute atomic E-state index is 11.9. The van der Waals surface area contributed by atoms with Crippen molar-refractivity contribution in [2.75, 3.05) is 27.4 Å². The Bertz CT molecular complexity index is 737. The second-order valence-corrected chi connectivity index (χ2v) is 6.91. The maximum Gasteiger partial charge on any atom is 0.257 e. The Kier molecular flexibility index (Phi) is 7.58. The van der Waals surface area contributed by atoms with Crippen LogP contribution in [0.3, 0.4) is 0 Å². The van der Waals surface area contributed by atoms with Gasteiger partial charge in [0.25, 0.3) is 5.91 Å². The zero-order valence-corrected chi connectivity index (χ0v) is 17.1. The molecule has 2 aromatic rings. The van der Waals surface area contributed by atoms with Crippen molar-refractivity contribution >= 4 is 37.8 Å². The first kappa shape index (κ1) is 19.6. The van der Waals surface area contributed by atoms with E-state index in [9.17, 15) is 4.79 Å². The van der Waals surface area contributed by atoms with Crippen molar-refractivity contribution in [3.8, 4) is 17.2 Å². The normalized spacial score (nSPS) is 10.2. The Balaban J connectivity index is 1.83. The maximum atomic E-state index is 11.9. The van der Waals surface area contributed by atoms with Crippen molar-refractivity contribution < 1.29 is 19.0 Å². The third-order valence-electron chi connectivity index (χ3n) is 3.44. The zero-order chi connectivity index (χ0) is 18.2. The molecule has 1 N–H and O–H groups in total. The molecule has 0 fully saturated rings. The molecule has 2 rings (SSSR count). The minimum absolute atomic E-state index is 0.0242. The van der Waals surface area contributed by atoms with Crippen LogP contribution in [0.5, 0.6) is 17.2 Å². The number of carbonyl (C=O) groups excluding carboxylic acids is 1. The average Bonchev–Trinajstić information content (AvgIpc) is 2.61. The zero-order valence-electron chi connectivity index (χ0n) is 14.0. The van der Waals surface area contributed by atoms with Gasteiger partial charge >= 0.3 is 0 Å². The molecule has 0 spiro atoms. The number of halogens is 2. The number of hydrogen-bond acceptors (Lipinski definition) is 4. The summed E-state index contributed by atoms with van der Waals surface area (Å²) < 4.78 is 17.8. The summed E-state index contributed by atoms with van der Waals surface area (Å²) in [5.74, 6) is 1.79. The lowest BCUT2D eigenvalue weighted by molar-refractivity contribution is -0.123. The largest absolute Gasteiger partial charge is 0.493 e. The molecule has 0 radical (unpaired) electrons. The SMILES string of the molecule is COc1cc(Br)c(CCNC(=O)COc2cccc(Br)c2)cc1OC. The number of methoxy groups -OCH3 is 2. The smallest absolute Gasteiger partial charge is 0.257 e. The predicted octanol–water partition coefficient (Wildman–Crippen LogP) is 3.97. The molecule has 0 aliphatic carbocycles. The molecule has 0 heterocycles. The van der Waals surface area contributed by atoms with Gasteiger partial charge in [-0.05, 0) is 42.3 Å². The van der Waals surface area contributed by atoms with Gasteiger partial charge in [0.1, 0.15) is 5.75 Å². The number of ether oxygens (including phenoxy) is 3. The quantitative estimate of drug-likeness (QED) is 0.631. The van der Waals surface area contributed by atoms with Gasteiger partial charge < -0.3 is 19.5 Å². The topological polar surface area (TPSA) is 56.8 Å². The van der Waals surface area contributed by atoms with E-state index in [0.717, 1.165) is 14.5 Å². The van der Waals surface area contributed by atoms with Crippen LogP contribution in [0.15, 0.2) is 45.3 Å². The van der Waals surface area contributed by atoms with E-state index in [2.05, 4.69) is 37.2 Å². The third-order valence-corrected chi connectivity index (χ3v) is 4.67. The lowest BCUT2D eigenvalue weighted by Gasteiger charge is -2.12. The number of hydrogen-bond donors (Lipinski definition) is 1. The monoisotopic (exact) mass is 471 g/mol. The number of nitrogens with one attached hydrogen (secondary N) is 1. The second-order valence-electron chi connectivity index (χ2n) is 5.14. The summed E-state index contributed by atoms with van der Waals surface area (Å²) >= 11 is 6.87. The Morgan fingerprint density at radius 2 is 1.80 bits per heavy atom. The van der Waals surface area contributed by atoms with Crippen molar-refractivity contribution in [1.82, 2.24) is 5.32 Å². The van der Waals surface area contributed by atoms with Crippen LogP contribution in [0.4, 0.5) is 0 Å². The van der Waals surface area contributed by atoms with Crippen LogP contribution in [-0.2, 0) is 11.2 Å². The van der Waals surface area contributed by atoms with Crippen molar-refractivity contribution in [1.29, 1.82) is 0 Å². The summed E-state index contributed by atoms with van der Waals surface area (Å²) in [5.41, 5.74) is 1.02. The first-order valence-corrected chi connectivity index (χ1v) is 9.17. The minimum atomic E-state index is -0.170. The van der Waals surface area contributed by atoms with Crippen molar-refractivity contribution in [3.05, 3.63) is 50.9 Å². The molecule has 0 aromatic heterocycles. The molecule has 0 aliphatic rings. The molecule has 0 unspecified atom stereocenters. The third kappa shape index (κ3) is 5.93. The van der Waals surface area contributed by atoms with Gasteiger partial charge in [-0.25, -0.2) is 0 Å². The Labute approximate surface area is 163 Å². The van der Waals surface area contributed by atoms with E-state index in [1.165, 1.54) is 0 Å². The fraction of sp³-hybridized carbons (Fsp3) is 0.278. The molecular weight excluding hydrogens is 454 g/mol. The Morgan fingerprint density at radius 1 is 1.08 bits per heavy atom. The molecule has 134 valence electrons. The summed E-state index contributed by atoms with van der Waals surface area (Å²) in [4.78, 5) is 11.9. The van der Waals surface area contributed by atoms with Crippen LogP contribution in [0.2, 0.25) is 0 Å². The fourth-order valence-corrected chi connectivity index (χ4v) is 3.08.